The lowest BCUT2D eigenvalue weighted by Crippen LogP contribution is -2.25. The quantitative estimate of drug-likeness (QED) is 0.615. The van der Waals surface area contributed by atoms with Gasteiger partial charge in [-0.05, 0) is 53.6 Å². The fourth-order valence-corrected chi connectivity index (χ4v) is 3.16. The molecule has 3 aromatic rings. The molecule has 0 bridgehead atoms. The molecular formula is C24H22N2O5. The summed E-state index contributed by atoms with van der Waals surface area (Å²) in [4.78, 5) is 25.1. The van der Waals surface area contributed by atoms with Crippen molar-refractivity contribution in [1.29, 1.82) is 0 Å². The van der Waals surface area contributed by atoms with Crippen LogP contribution in [0.25, 0.3) is 0 Å². The maximum atomic E-state index is 12.6. The van der Waals surface area contributed by atoms with E-state index in [0.717, 1.165) is 16.9 Å². The van der Waals surface area contributed by atoms with Crippen LogP contribution >= 0.6 is 0 Å². The third-order valence-corrected chi connectivity index (χ3v) is 4.89. The minimum absolute atomic E-state index is 0.207. The molecule has 2 amide bonds. The molecule has 31 heavy (non-hydrogen) atoms. The van der Waals surface area contributed by atoms with Crippen molar-refractivity contribution in [3.8, 4) is 17.2 Å². The van der Waals surface area contributed by atoms with Gasteiger partial charge in [-0.25, -0.2) is 0 Å². The molecule has 0 spiro atoms. The second-order valence-corrected chi connectivity index (χ2v) is 6.98. The number of carbonyl (C=O) groups is 2. The highest BCUT2D eigenvalue weighted by molar-refractivity contribution is 5.99. The van der Waals surface area contributed by atoms with Gasteiger partial charge in [0.2, 0.25) is 6.79 Å². The molecule has 4 rings (SSSR count). The van der Waals surface area contributed by atoms with Gasteiger partial charge in [0.1, 0.15) is 5.75 Å². The topological polar surface area (TPSA) is 85.9 Å². The Bertz CT molecular complexity index is 1100. The van der Waals surface area contributed by atoms with Gasteiger partial charge in [0.25, 0.3) is 11.8 Å². The largest absolute Gasteiger partial charge is 0.497 e. The number of nitrogens with one attached hydrogen (secondary N) is 2. The molecule has 1 heterocycles. The summed E-state index contributed by atoms with van der Waals surface area (Å²) < 4.78 is 15.8. The first-order chi connectivity index (χ1) is 15.1. The summed E-state index contributed by atoms with van der Waals surface area (Å²) in [5.41, 5.74) is 2.68. The van der Waals surface area contributed by atoms with Crippen molar-refractivity contribution in [1.82, 2.24) is 10.6 Å². The van der Waals surface area contributed by atoms with Crippen molar-refractivity contribution in [2.24, 2.45) is 0 Å². The van der Waals surface area contributed by atoms with E-state index in [1.807, 2.05) is 42.5 Å². The monoisotopic (exact) mass is 418 g/mol. The van der Waals surface area contributed by atoms with Crippen molar-refractivity contribution < 1.29 is 23.8 Å². The van der Waals surface area contributed by atoms with E-state index in [-0.39, 0.29) is 18.6 Å². The highest BCUT2D eigenvalue weighted by Crippen LogP contribution is 2.32. The Kier molecular flexibility index (Phi) is 6.03. The molecule has 0 aliphatic carbocycles. The number of hydrogen-bond acceptors (Lipinski definition) is 5. The van der Waals surface area contributed by atoms with Gasteiger partial charge in [-0.2, -0.15) is 0 Å². The maximum absolute atomic E-state index is 12.6. The molecule has 1 aliphatic rings. The minimum atomic E-state index is -0.262. The van der Waals surface area contributed by atoms with E-state index in [2.05, 4.69) is 10.6 Å². The summed E-state index contributed by atoms with van der Waals surface area (Å²) in [6.07, 6.45) is 0. The van der Waals surface area contributed by atoms with Gasteiger partial charge in [0.15, 0.2) is 11.5 Å². The summed E-state index contributed by atoms with van der Waals surface area (Å²) in [5, 5.41) is 5.73. The molecule has 0 saturated heterocycles. The van der Waals surface area contributed by atoms with E-state index >= 15 is 0 Å². The van der Waals surface area contributed by atoms with Gasteiger partial charge < -0.3 is 24.8 Å². The number of ether oxygens (including phenoxy) is 3. The van der Waals surface area contributed by atoms with Crippen LogP contribution in [0.1, 0.15) is 31.8 Å². The van der Waals surface area contributed by atoms with Gasteiger partial charge in [-0.3, -0.25) is 9.59 Å². The highest BCUT2D eigenvalue weighted by atomic mass is 16.7. The van der Waals surface area contributed by atoms with Crippen LogP contribution in [0.15, 0.2) is 66.7 Å². The molecule has 0 saturated carbocycles. The van der Waals surface area contributed by atoms with Crippen LogP contribution in [0.5, 0.6) is 17.2 Å². The minimum Gasteiger partial charge on any atom is -0.497 e. The number of rotatable bonds is 7. The van der Waals surface area contributed by atoms with Crippen molar-refractivity contribution in [2.75, 3.05) is 13.9 Å². The molecule has 7 heteroatoms. The zero-order valence-corrected chi connectivity index (χ0v) is 17.0. The third-order valence-electron chi connectivity index (χ3n) is 4.89. The Morgan fingerprint density at radius 2 is 1.42 bits per heavy atom. The fraction of sp³-hybridized carbons (Fsp3) is 0.167. The summed E-state index contributed by atoms with van der Waals surface area (Å²) in [6.45, 7) is 0.922. The molecular weight excluding hydrogens is 396 g/mol. The Hall–Kier alpha value is -4.00. The van der Waals surface area contributed by atoms with Crippen LogP contribution in [0, 0.1) is 0 Å². The Morgan fingerprint density at radius 1 is 0.806 bits per heavy atom. The van der Waals surface area contributed by atoms with Crippen LogP contribution in [-0.4, -0.2) is 25.7 Å². The van der Waals surface area contributed by atoms with Gasteiger partial charge >= 0.3 is 0 Å². The van der Waals surface area contributed by atoms with E-state index in [1.54, 1.807) is 31.4 Å². The maximum Gasteiger partial charge on any atom is 0.251 e. The van der Waals surface area contributed by atoms with E-state index < -0.39 is 0 Å². The number of amides is 2. The van der Waals surface area contributed by atoms with Gasteiger partial charge in [0, 0.05) is 24.2 Å². The molecule has 2 N–H and O–H groups in total. The molecule has 0 fully saturated rings. The van der Waals surface area contributed by atoms with Crippen molar-refractivity contribution in [2.45, 2.75) is 13.1 Å². The molecule has 0 unspecified atom stereocenters. The highest BCUT2D eigenvalue weighted by Gasteiger charge is 2.14. The summed E-state index contributed by atoms with van der Waals surface area (Å²) in [7, 11) is 1.61. The smallest absolute Gasteiger partial charge is 0.251 e. The number of hydrogen-bond donors (Lipinski definition) is 2. The third kappa shape index (κ3) is 4.95. The van der Waals surface area contributed by atoms with Gasteiger partial charge in [-0.1, -0.05) is 24.3 Å². The van der Waals surface area contributed by atoms with Crippen LogP contribution < -0.4 is 24.8 Å². The van der Waals surface area contributed by atoms with Crippen LogP contribution in [0.2, 0.25) is 0 Å². The molecule has 1 aliphatic heterocycles. The molecule has 158 valence electrons. The second-order valence-electron chi connectivity index (χ2n) is 6.98. The number of fused-ring (bicyclic) bond motifs is 1. The predicted molar refractivity (Wildman–Crippen MR) is 114 cm³/mol. The first-order valence-electron chi connectivity index (χ1n) is 9.80. The fourth-order valence-electron chi connectivity index (χ4n) is 3.16. The van der Waals surface area contributed by atoms with Crippen LogP contribution in [0.3, 0.4) is 0 Å². The van der Waals surface area contributed by atoms with Crippen molar-refractivity contribution in [3.63, 3.8) is 0 Å². The first kappa shape index (κ1) is 20.3. The summed E-state index contributed by atoms with van der Waals surface area (Å²) >= 11 is 0. The van der Waals surface area contributed by atoms with Crippen molar-refractivity contribution >= 4 is 11.8 Å². The molecule has 3 aromatic carbocycles. The Labute approximate surface area is 179 Å². The molecule has 0 radical (unpaired) electrons. The number of methoxy groups -OCH3 is 1. The SMILES string of the molecule is COc1ccc(CNC(=O)c2cccc(C(=O)NCc3ccc4c(c3)OCO4)c2)cc1. The van der Waals surface area contributed by atoms with E-state index in [9.17, 15) is 9.59 Å². The lowest BCUT2D eigenvalue weighted by molar-refractivity contribution is 0.0950. The van der Waals surface area contributed by atoms with Gasteiger partial charge in [0.05, 0.1) is 7.11 Å². The Balaban J connectivity index is 1.34. The first-order valence-corrected chi connectivity index (χ1v) is 9.80. The predicted octanol–water partition coefficient (Wildman–Crippen LogP) is 3.28. The van der Waals surface area contributed by atoms with Crippen LogP contribution in [0.4, 0.5) is 0 Å². The van der Waals surface area contributed by atoms with E-state index in [4.69, 9.17) is 14.2 Å². The second kappa shape index (κ2) is 9.21. The lowest BCUT2D eigenvalue weighted by atomic mass is 10.1. The molecule has 0 atom stereocenters. The summed E-state index contributed by atoms with van der Waals surface area (Å²) in [6, 6.07) is 19.6. The normalized spacial score (nSPS) is 11.6. The average molecular weight is 418 g/mol. The molecule has 0 aromatic heterocycles. The van der Waals surface area contributed by atoms with Crippen molar-refractivity contribution in [3.05, 3.63) is 89.0 Å². The lowest BCUT2D eigenvalue weighted by Gasteiger charge is -2.09. The Morgan fingerprint density at radius 3 is 2.10 bits per heavy atom. The van der Waals surface area contributed by atoms with Gasteiger partial charge in [-0.15, -0.1) is 0 Å². The molecule has 7 nitrogen and oxygen atoms in total. The standard InChI is InChI=1S/C24H22N2O5/c1-29-20-8-5-16(6-9-20)13-25-23(27)18-3-2-4-19(12-18)24(28)26-14-17-7-10-21-22(11-17)31-15-30-21/h2-12H,13-15H2,1H3,(H,25,27)(H,26,28). The van der Waals surface area contributed by atoms with Crippen LogP contribution in [-0.2, 0) is 13.1 Å². The number of carbonyl (C=O) groups excluding carboxylic acids is 2. The van der Waals surface area contributed by atoms with E-state index in [0.29, 0.717) is 35.7 Å². The zero-order chi connectivity index (χ0) is 21.6. The average Bonchev–Trinajstić information content (AvgIpc) is 3.29. The summed E-state index contributed by atoms with van der Waals surface area (Å²) in [5.74, 6) is 1.61. The zero-order valence-electron chi connectivity index (χ0n) is 17.0. The van der Waals surface area contributed by atoms with E-state index in [1.165, 1.54) is 0 Å². The number of benzene rings is 3.